The van der Waals surface area contributed by atoms with Crippen LogP contribution in [0.4, 0.5) is 0 Å². The van der Waals surface area contributed by atoms with Crippen molar-refractivity contribution in [3.8, 4) is 0 Å². The Balaban J connectivity index is 2.31. The Morgan fingerprint density at radius 1 is 1.22 bits per heavy atom. The summed E-state index contributed by atoms with van der Waals surface area (Å²) in [4.78, 5) is 16.7. The average molecular weight is 312 g/mol. The molecule has 0 amide bonds. The molecular weight excluding hydrogens is 294 g/mol. The first-order chi connectivity index (χ1) is 8.47. The molecule has 18 heavy (non-hydrogen) atoms. The number of nitrogens with two attached hydrogens (primary N) is 1. The van der Waals surface area contributed by atoms with E-state index in [4.69, 9.17) is 5.73 Å². The summed E-state index contributed by atoms with van der Waals surface area (Å²) in [7, 11) is 0. The SMILES string of the molecule is CC(C)CCC(N)c1cc2[nH]c(=O)[nH]c2cc1Br. The number of hydrogen-bond acceptors (Lipinski definition) is 2. The largest absolute Gasteiger partial charge is 0.324 e. The number of aromatic amines is 2. The van der Waals surface area contributed by atoms with E-state index in [2.05, 4.69) is 39.7 Å². The van der Waals surface area contributed by atoms with Crippen LogP contribution in [0.2, 0.25) is 0 Å². The van der Waals surface area contributed by atoms with Crippen molar-refractivity contribution in [2.45, 2.75) is 32.7 Å². The van der Waals surface area contributed by atoms with Gasteiger partial charge in [-0.05, 0) is 36.5 Å². The van der Waals surface area contributed by atoms with Crippen LogP contribution < -0.4 is 11.4 Å². The molecule has 2 rings (SSSR count). The predicted molar refractivity (Wildman–Crippen MR) is 77.6 cm³/mol. The molecule has 0 aliphatic carbocycles. The summed E-state index contributed by atoms with van der Waals surface area (Å²) < 4.78 is 0.946. The van der Waals surface area contributed by atoms with Gasteiger partial charge in [0.25, 0.3) is 0 Å². The van der Waals surface area contributed by atoms with Crippen LogP contribution >= 0.6 is 15.9 Å². The Hall–Kier alpha value is -1.07. The smallest absolute Gasteiger partial charge is 0.323 e. The van der Waals surface area contributed by atoms with Gasteiger partial charge in [-0.2, -0.15) is 0 Å². The van der Waals surface area contributed by atoms with Crippen LogP contribution in [0.3, 0.4) is 0 Å². The quantitative estimate of drug-likeness (QED) is 0.811. The molecule has 0 saturated carbocycles. The summed E-state index contributed by atoms with van der Waals surface area (Å²) in [6.45, 7) is 4.38. The second-order valence-electron chi connectivity index (χ2n) is 5.08. The summed E-state index contributed by atoms with van der Waals surface area (Å²) in [5.74, 6) is 0.644. The van der Waals surface area contributed by atoms with Crippen molar-refractivity contribution in [2.75, 3.05) is 0 Å². The molecule has 0 spiro atoms. The predicted octanol–water partition coefficient (Wildman–Crippen LogP) is 3.05. The molecule has 0 fully saturated rings. The van der Waals surface area contributed by atoms with Gasteiger partial charge in [0.2, 0.25) is 0 Å². The fourth-order valence-corrected chi connectivity index (χ4v) is 2.66. The van der Waals surface area contributed by atoms with E-state index in [0.717, 1.165) is 33.9 Å². The summed E-state index contributed by atoms with van der Waals surface area (Å²) in [6, 6.07) is 3.84. The molecule has 0 aliphatic heterocycles. The molecule has 1 unspecified atom stereocenters. The lowest BCUT2D eigenvalue weighted by Gasteiger charge is -2.15. The summed E-state index contributed by atoms with van der Waals surface area (Å²) >= 11 is 3.52. The number of halogens is 1. The van der Waals surface area contributed by atoms with E-state index in [9.17, 15) is 4.79 Å². The Labute approximate surface area is 114 Å². The Kier molecular flexibility index (Phi) is 3.92. The van der Waals surface area contributed by atoms with Crippen molar-refractivity contribution in [1.82, 2.24) is 9.97 Å². The van der Waals surface area contributed by atoms with Crippen molar-refractivity contribution >= 4 is 27.0 Å². The maximum Gasteiger partial charge on any atom is 0.323 e. The second kappa shape index (κ2) is 5.28. The summed E-state index contributed by atoms with van der Waals surface area (Å²) in [5, 5.41) is 0. The van der Waals surface area contributed by atoms with E-state index in [0.29, 0.717) is 5.92 Å². The summed E-state index contributed by atoms with van der Waals surface area (Å²) in [6.07, 6.45) is 2.03. The minimum atomic E-state index is -0.190. The number of hydrogen-bond donors (Lipinski definition) is 3. The highest BCUT2D eigenvalue weighted by Gasteiger charge is 2.13. The van der Waals surface area contributed by atoms with Gasteiger partial charge in [0.1, 0.15) is 0 Å². The van der Waals surface area contributed by atoms with Gasteiger partial charge in [-0.3, -0.25) is 0 Å². The first-order valence-electron chi connectivity index (χ1n) is 6.14. The van der Waals surface area contributed by atoms with Crippen LogP contribution in [0.5, 0.6) is 0 Å². The van der Waals surface area contributed by atoms with E-state index >= 15 is 0 Å². The van der Waals surface area contributed by atoms with Crippen LogP contribution in [0.1, 0.15) is 38.3 Å². The molecule has 4 N–H and O–H groups in total. The second-order valence-corrected chi connectivity index (χ2v) is 5.93. The molecule has 98 valence electrons. The topological polar surface area (TPSA) is 74.7 Å². The minimum Gasteiger partial charge on any atom is -0.324 e. The zero-order valence-electron chi connectivity index (χ0n) is 10.6. The van der Waals surface area contributed by atoms with Crippen LogP contribution in [0.25, 0.3) is 11.0 Å². The molecule has 5 heteroatoms. The molecule has 0 saturated heterocycles. The highest BCUT2D eigenvalue weighted by Crippen LogP contribution is 2.28. The first-order valence-corrected chi connectivity index (χ1v) is 6.93. The van der Waals surface area contributed by atoms with Crippen molar-refractivity contribution < 1.29 is 0 Å². The van der Waals surface area contributed by atoms with Gasteiger partial charge in [0.05, 0.1) is 11.0 Å². The van der Waals surface area contributed by atoms with Crippen LogP contribution in [-0.2, 0) is 0 Å². The molecule has 0 bridgehead atoms. The van der Waals surface area contributed by atoms with Crippen molar-refractivity contribution in [3.05, 3.63) is 32.7 Å². The lowest BCUT2D eigenvalue weighted by molar-refractivity contribution is 0.506. The number of imidazole rings is 1. The summed E-state index contributed by atoms with van der Waals surface area (Å²) in [5.41, 5.74) is 8.66. The van der Waals surface area contributed by atoms with E-state index < -0.39 is 0 Å². The lowest BCUT2D eigenvalue weighted by atomic mass is 9.98. The Morgan fingerprint density at radius 3 is 2.44 bits per heavy atom. The zero-order chi connectivity index (χ0) is 13.3. The van der Waals surface area contributed by atoms with Gasteiger partial charge in [-0.1, -0.05) is 29.8 Å². The van der Waals surface area contributed by atoms with E-state index in [1.54, 1.807) is 0 Å². The fourth-order valence-electron chi connectivity index (χ4n) is 2.03. The van der Waals surface area contributed by atoms with Crippen molar-refractivity contribution in [3.63, 3.8) is 0 Å². The average Bonchev–Trinajstić information content (AvgIpc) is 2.64. The fraction of sp³-hybridized carbons (Fsp3) is 0.462. The Morgan fingerprint density at radius 2 is 1.83 bits per heavy atom. The number of nitrogens with one attached hydrogen (secondary N) is 2. The molecule has 2 aromatic rings. The van der Waals surface area contributed by atoms with Gasteiger partial charge in [0.15, 0.2) is 0 Å². The normalized spacial score (nSPS) is 13.4. The zero-order valence-corrected chi connectivity index (χ0v) is 12.2. The standard InChI is InChI=1S/C13H18BrN3O/c1-7(2)3-4-10(15)8-5-11-12(6-9(8)14)17-13(18)16-11/h5-7,10H,3-4,15H2,1-2H3,(H2,16,17,18). The van der Waals surface area contributed by atoms with E-state index in [1.807, 2.05) is 12.1 Å². The van der Waals surface area contributed by atoms with Crippen LogP contribution in [-0.4, -0.2) is 9.97 Å². The van der Waals surface area contributed by atoms with Crippen LogP contribution in [0, 0.1) is 5.92 Å². The van der Waals surface area contributed by atoms with Gasteiger partial charge in [-0.15, -0.1) is 0 Å². The molecule has 1 heterocycles. The molecule has 1 atom stereocenters. The van der Waals surface area contributed by atoms with Gasteiger partial charge in [-0.25, -0.2) is 4.79 Å². The third-order valence-electron chi connectivity index (χ3n) is 3.09. The van der Waals surface area contributed by atoms with Gasteiger partial charge < -0.3 is 15.7 Å². The molecule has 1 aromatic heterocycles. The number of aromatic nitrogens is 2. The highest BCUT2D eigenvalue weighted by atomic mass is 79.9. The third-order valence-corrected chi connectivity index (χ3v) is 3.77. The third kappa shape index (κ3) is 2.84. The maximum absolute atomic E-state index is 11.2. The number of benzene rings is 1. The van der Waals surface area contributed by atoms with Crippen molar-refractivity contribution in [1.29, 1.82) is 0 Å². The van der Waals surface area contributed by atoms with E-state index in [-0.39, 0.29) is 11.7 Å². The van der Waals surface area contributed by atoms with E-state index in [1.165, 1.54) is 0 Å². The van der Waals surface area contributed by atoms with Gasteiger partial charge >= 0.3 is 5.69 Å². The molecule has 1 aromatic carbocycles. The number of H-pyrrole nitrogens is 2. The Bertz CT molecular complexity index is 600. The van der Waals surface area contributed by atoms with Crippen LogP contribution in [0.15, 0.2) is 21.4 Å². The number of fused-ring (bicyclic) bond motifs is 1. The van der Waals surface area contributed by atoms with Crippen molar-refractivity contribution in [2.24, 2.45) is 11.7 Å². The monoisotopic (exact) mass is 311 g/mol. The van der Waals surface area contributed by atoms with Gasteiger partial charge in [0, 0.05) is 10.5 Å². The molecule has 0 radical (unpaired) electrons. The minimum absolute atomic E-state index is 0.00965. The first kappa shape index (κ1) is 13.4. The molecular formula is C13H18BrN3O. The maximum atomic E-state index is 11.2. The number of rotatable bonds is 4. The molecule has 0 aliphatic rings. The highest BCUT2D eigenvalue weighted by molar-refractivity contribution is 9.10. The molecule has 4 nitrogen and oxygen atoms in total. The lowest BCUT2D eigenvalue weighted by Crippen LogP contribution is -2.12.